The molecule has 30 heavy (non-hydrogen) atoms. The lowest BCUT2D eigenvalue weighted by molar-refractivity contribution is -0.138. The summed E-state index contributed by atoms with van der Waals surface area (Å²) in [6.45, 7) is 0.253. The first-order valence-corrected chi connectivity index (χ1v) is 10.6. The van der Waals surface area contributed by atoms with Crippen LogP contribution in [0.1, 0.15) is 17.0 Å². The number of aliphatic hydroxyl groups excluding tert-OH is 1. The highest BCUT2D eigenvalue weighted by atomic mass is 35.5. The molecular weight excluding hydrogens is 429 g/mol. The van der Waals surface area contributed by atoms with E-state index in [0.717, 1.165) is 10.2 Å². The molecule has 0 bridgehead atoms. The number of benzene rings is 2. The van der Waals surface area contributed by atoms with E-state index < -0.39 is 23.9 Å². The molecule has 1 aliphatic rings. The second-order valence-corrected chi connectivity index (χ2v) is 8.71. The average molecular weight is 448 g/mol. The molecule has 1 aliphatic heterocycles. The molecular formula is C21H19ClFN3O3S. The van der Waals surface area contributed by atoms with Gasteiger partial charge in [-0.05, 0) is 29.8 Å². The van der Waals surface area contributed by atoms with Crippen molar-refractivity contribution >= 4 is 45.0 Å². The van der Waals surface area contributed by atoms with Gasteiger partial charge in [0.05, 0.1) is 29.3 Å². The van der Waals surface area contributed by atoms with Gasteiger partial charge in [-0.25, -0.2) is 9.37 Å². The van der Waals surface area contributed by atoms with Crippen LogP contribution in [0.3, 0.4) is 0 Å². The summed E-state index contributed by atoms with van der Waals surface area (Å²) >= 11 is 7.42. The third-order valence-electron chi connectivity index (χ3n) is 5.01. The zero-order chi connectivity index (χ0) is 21.3. The number of hydrogen-bond donors (Lipinski definition) is 2. The minimum absolute atomic E-state index is 0.0466. The Hall–Kier alpha value is -2.55. The van der Waals surface area contributed by atoms with Gasteiger partial charge in [0.15, 0.2) is 0 Å². The maximum Gasteiger partial charge on any atom is 0.243 e. The van der Waals surface area contributed by atoms with Gasteiger partial charge in [0.1, 0.15) is 16.9 Å². The molecule has 2 N–H and O–H groups in total. The van der Waals surface area contributed by atoms with Crippen molar-refractivity contribution in [3.63, 3.8) is 0 Å². The molecule has 156 valence electrons. The molecule has 2 amide bonds. The first-order chi connectivity index (χ1) is 14.4. The Balaban J connectivity index is 1.42. The molecule has 0 aliphatic carbocycles. The maximum atomic E-state index is 13.9. The normalized spacial score (nSPS) is 18.7. The Kier molecular flexibility index (Phi) is 5.99. The van der Waals surface area contributed by atoms with E-state index in [1.807, 2.05) is 6.07 Å². The number of amides is 2. The number of rotatable bonds is 5. The summed E-state index contributed by atoms with van der Waals surface area (Å²) in [7, 11) is 0. The van der Waals surface area contributed by atoms with Gasteiger partial charge in [0.25, 0.3) is 0 Å². The predicted octanol–water partition coefficient (Wildman–Crippen LogP) is 2.91. The first kappa shape index (κ1) is 20.7. The van der Waals surface area contributed by atoms with Crippen molar-refractivity contribution in [1.82, 2.24) is 15.2 Å². The zero-order valence-corrected chi connectivity index (χ0v) is 17.4. The summed E-state index contributed by atoms with van der Waals surface area (Å²) in [6, 6.07) is 10.6. The molecule has 6 nitrogen and oxygen atoms in total. The number of fused-ring (bicyclic) bond motifs is 1. The zero-order valence-electron chi connectivity index (χ0n) is 15.8. The van der Waals surface area contributed by atoms with Gasteiger partial charge >= 0.3 is 0 Å². The second-order valence-electron chi connectivity index (χ2n) is 7.16. The minimum atomic E-state index is -0.803. The van der Waals surface area contributed by atoms with Crippen molar-refractivity contribution in [2.75, 3.05) is 6.54 Å². The van der Waals surface area contributed by atoms with Crippen molar-refractivity contribution < 1.29 is 19.1 Å². The Morgan fingerprint density at radius 1 is 1.30 bits per heavy atom. The Morgan fingerprint density at radius 2 is 2.10 bits per heavy atom. The molecule has 3 aromatic rings. The number of nitrogens with zero attached hydrogens (tertiary/aromatic N) is 2. The highest BCUT2D eigenvalue weighted by molar-refractivity contribution is 7.18. The summed E-state index contributed by atoms with van der Waals surface area (Å²) in [5.74, 6) is -1.24. The number of aromatic nitrogens is 1. The molecule has 0 saturated carbocycles. The van der Waals surface area contributed by atoms with Gasteiger partial charge in [-0.15, -0.1) is 11.3 Å². The van der Waals surface area contributed by atoms with E-state index in [-0.39, 0.29) is 37.4 Å². The Morgan fingerprint density at radius 3 is 2.90 bits per heavy atom. The van der Waals surface area contributed by atoms with Gasteiger partial charge < -0.3 is 15.3 Å². The van der Waals surface area contributed by atoms with E-state index in [4.69, 9.17) is 11.6 Å². The fraction of sp³-hybridized carbons (Fsp3) is 0.286. The molecule has 0 radical (unpaired) electrons. The van der Waals surface area contributed by atoms with Crippen molar-refractivity contribution in [1.29, 1.82) is 0 Å². The van der Waals surface area contributed by atoms with Gasteiger partial charge in [0, 0.05) is 18.0 Å². The number of likely N-dealkylation sites (tertiary alicyclic amines) is 1. The quantitative estimate of drug-likeness (QED) is 0.630. The number of aliphatic hydroxyl groups is 1. The topological polar surface area (TPSA) is 82.5 Å². The first-order valence-electron chi connectivity index (χ1n) is 9.44. The van der Waals surface area contributed by atoms with Crippen LogP contribution in [0.25, 0.3) is 10.2 Å². The Bertz CT molecular complexity index is 1110. The number of thiazole rings is 1. The van der Waals surface area contributed by atoms with E-state index in [2.05, 4.69) is 10.3 Å². The third-order valence-corrected chi connectivity index (χ3v) is 6.28. The van der Waals surface area contributed by atoms with E-state index in [1.165, 1.54) is 28.4 Å². The van der Waals surface area contributed by atoms with Crippen LogP contribution in [0.5, 0.6) is 0 Å². The van der Waals surface area contributed by atoms with Crippen molar-refractivity contribution in [2.45, 2.75) is 31.5 Å². The molecule has 2 heterocycles. The lowest BCUT2D eigenvalue weighted by Crippen LogP contribution is -2.46. The molecule has 4 rings (SSSR count). The standard InChI is InChI=1S/C21H19ClFN3O3S/c22-13-5-6-18-16(8-13)25-19(30-18)10-24-21(29)17-9-14(27)11-26(17)20(28)7-12-3-1-2-4-15(12)23/h1-6,8,14,17,27H,7,9-11H2,(H,24,29). The fourth-order valence-corrected chi connectivity index (χ4v) is 4.60. The number of hydrogen-bond acceptors (Lipinski definition) is 5. The van der Waals surface area contributed by atoms with Gasteiger partial charge in [-0.1, -0.05) is 29.8 Å². The number of β-amino-alcohol motifs (C(OH)–C–C–N with tert-alkyl or cyclic N) is 1. The third kappa shape index (κ3) is 4.45. The number of nitrogens with one attached hydrogen (secondary N) is 1. The smallest absolute Gasteiger partial charge is 0.243 e. The van der Waals surface area contributed by atoms with Crippen LogP contribution in [-0.2, 0) is 22.6 Å². The van der Waals surface area contributed by atoms with E-state index >= 15 is 0 Å². The molecule has 1 fully saturated rings. The molecule has 2 aromatic carbocycles. The van der Waals surface area contributed by atoms with Crippen molar-refractivity contribution in [3.8, 4) is 0 Å². The summed E-state index contributed by atoms with van der Waals surface area (Å²) in [4.78, 5) is 31.2. The summed E-state index contributed by atoms with van der Waals surface area (Å²) in [6.07, 6.45) is -0.818. The fourth-order valence-electron chi connectivity index (χ4n) is 3.55. The van der Waals surface area contributed by atoms with E-state index in [9.17, 15) is 19.1 Å². The van der Waals surface area contributed by atoms with E-state index in [0.29, 0.717) is 10.0 Å². The Labute approximate surface area is 181 Å². The van der Waals surface area contributed by atoms with Crippen LogP contribution in [0.2, 0.25) is 5.02 Å². The largest absolute Gasteiger partial charge is 0.391 e. The molecule has 1 aromatic heterocycles. The molecule has 2 unspecified atom stereocenters. The summed E-state index contributed by atoms with van der Waals surface area (Å²) in [5.41, 5.74) is 1.02. The summed E-state index contributed by atoms with van der Waals surface area (Å²) < 4.78 is 14.8. The van der Waals surface area contributed by atoms with Crippen LogP contribution >= 0.6 is 22.9 Å². The van der Waals surface area contributed by atoms with Gasteiger partial charge in [-0.2, -0.15) is 0 Å². The highest BCUT2D eigenvalue weighted by Crippen LogP contribution is 2.25. The van der Waals surface area contributed by atoms with Crippen LogP contribution in [-0.4, -0.2) is 45.5 Å². The van der Waals surface area contributed by atoms with Gasteiger partial charge in [0.2, 0.25) is 11.8 Å². The second kappa shape index (κ2) is 8.67. The van der Waals surface area contributed by atoms with Crippen LogP contribution < -0.4 is 5.32 Å². The molecule has 1 saturated heterocycles. The van der Waals surface area contributed by atoms with E-state index in [1.54, 1.807) is 24.3 Å². The predicted molar refractivity (Wildman–Crippen MR) is 113 cm³/mol. The molecule has 0 spiro atoms. The molecule has 2 atom stereocenters. The number of carbonyl (C=O) groups excluding carboxylic acids is 2. The lowest BCUT2D eigenvalue weighted by atomic mass is 10.1. The van der Waals surface area contributed by atoms with Crippen LogP contribution in [0.15, 0.2) is 42.5 Å². The lowest BCUT2D eigenvalue weighted by Gasteiger charge is -2.23. The minimum Gasteiger partial charge on any atom is -0.391 e. The number of carbonyl (C=O) groups is 2. The van der Waals surface area contributed by atoms with Gasteiger partial charge in [-0.3, -0.25) is 9.59 Å². The van der Waals surface area contributed by atoms with Crippen LogP contribution in [0, 0.1) is 5.82 Å². The molecule has 9 heteroatoms. The highest BCUT2D eigenvalue weighted by Gasteiger charge is 2.38. The van der Waals surface area contributed by atoms with Crippen molar-refractivity contribution in [3.05, 3.63) is 63.9 Å². The van der Waals surface area contributed by atoms with Crippen LogP contribution in [0.4, 0.5) is 4.39 Å². The van der Waals surface area contributed by atoms with Crippen molar-refractivity contribution in [2.24, 2.45) is 0 Å². The SMILES string of the molecule is O=C(NCc1nc2cc(Cl)ccc2s1)C1CC(O)CN1C(=O)Cc1ccccc1F. The monoisotopic (exact) mass is 447 g/mol. The maximum absolute atomic E-state index is 13.9. The average Bonchev–Trinajstić information content (AvgIpc) is 3.30. The summed E-state index contributed by atoms with van der Waals surface area (Å²) in [5, 5.41) is 14.1. The number of halogens is 2.